The van der Waals surface area contributed by atoms with E-state index in [1.165, 1.54) is 0 Å². The number of ether oxygens (including phenoxy) is 1. The van der Waals surface area contributed by atoms with Crippen molar-refractivity contribution >= 4 is 22.1 Å². The minimum absolute atomic E-state index is 0.00244. The van der Waals surface area contributed by atoms with Crippen molar-refractivity contribution in [3.63, 3.8) is 0 Å². The normalized spacial score (nSPS) is 18.9. The van der Waals surface area contributed by atoms with Crippen molar-refractivity contribution in [3.8, 4) is 18.1 Å². The van der Waals surface area contributed by atoms with E-state index in [-0.39, 0.29) is 17.6 Å². The van der Waals surface area contributed by atoms with Gasteiger partial charge in [0, 0.05) is 24.0 Å². The fourth-order valence-electron chi connectivity index (χ4n) is 4.83. The number of benzene rings is 1. The zero-order chi connectivity index (χ0) is 21.2. The molecular weight excluding hydrogens is 388 g/mol. The number of nitrogens with zero attached hydrogens (tertiary/aromatic N) is 3. The number of para-hydroxylation sites is 1. The number of hydrogen-bond acceptors (Lipinski definition) is 3. The standard InChI is InChI=1S/C25H26N4O2/c1-2-18-9-6-7-12-21(18)29-23-20-13-14-26-24(20)27-17-22(23)28(25(29)30)15-8-16-31-19-10-4-3-5-11-19/h1,3-5,10-11,13-14,17-18,21H,6-9,12,15-16H2,(H,26,27)/t18-,21+/m1/s1. The van der Waals surface area contributed by atoms with Gasteiger partial charge in [-0.15, -0.1) is 12.3 Å². The van der Waals surface area contributed by atoms with Crippen LogP contribution >= 0.6 is 0 Å². The summed E-state index contributed by atoms with van der Waals surface area (Å²) < 4.78 is 9.62. The first-order chi connectivity index (χ1) is 15.3. The number of imidazole rings is 1. The molecule has 0 unspecified atom stereocenters. The molecule has 0 spiro atoms. The number of rotatable bonds is 6. The molecule has 2 atom stereocenters. The Morgan fingerprint density at radius 1 is 1.19 bits per heavy atom. The lowest BCUT2D eigenvalue weighted by atomic mass is 9.85. The lowest BCUT2D eigenvalue weighted by Gasteiger charge is -2.29. The summed E-state index contributed by atoms with van der Waals surface area (Å²) >= 11 is 0. The van der Waals surface area contributed by atoms with Gasteiger partial charge >= 0.3 is 5.69 Å². The lowest BCUT2D eigenvalue weighted by molar-refractivity contribution is 0.285. The van der Waals surface area contributed by atoms with Crippen molar-refractivity contribution in [2.75, 3.05) is 6.61 Å². The van der Waals surface area contributed by atoms with E-state index in [2.05, 4.69) is 15.9 Å². The summed E-state index contributed by atoms with van der Waals surface area (Å²) in [4.78, 5) is 21.4. The number of fused-ring (bicyclic) bond motifs is 3. The molecule has 6 heteroatoms. The Morgan fingerprint density at radius 2 is 2.03 bits per heavy atom. The third-order valence-corrected chi connectivity index (χ3v) is 6.32. The van der Waals surface area contributed by atoms with Gasteiger partial charge in [-0.1, -0.05) is 31.0 Å². The van der Waals surface area contributed by atoms with E-state index in [1.807, 2.05) is 51.7 Å². The minimum Gasteiger partial charge on any atom is -0.494 e. The number of nitrogens with one attached hydrogen (secondary N) is 1. The molecule has 0 saturated heterocycles. The van der Waals surface area contributed by atoms with Crippen LogP contribution in [0.4, 0.5) is 0 Å². The van der Waals surface area contributed by atoms with Gasteiger partial charge in [-0.05, 0) is 37.5 Å². The predicted octanol–water partition coefficient (Wildman–Crippen LogP) is 4.51. The third kappa shape index (κ3) is 3.50. The van der Waals surface area contributed by atoms with E-state index < -0.39 is 0 Å². The Hall–Kier alpha value is -3.46. The average molecular weight is 415 g/mol. The second-order valence-corrected chi connectivity index (χ2v) is 8.18. The highest BCUT2D eigenvalue weighted by atomic mass is 16.5. The zero-order valence-electron chi connectivity index (χ0n) is 17.5. The second kappa shape index (κ2) is 8.35. The van der Waals surface area contributed by atoms with Crippen molar-refractivity contribution in [2.24, 2.45) is 5.92 Å². The number of H-pyrrole nitrogens is 1. The molecule has 1 aromatic carbocycles. The van der Waals surface area contributed by atoms with E-state index in [0.717, 1.165) is 59.9 Å². The Balaban J connectivity index is 1.52. The Kier molecular flexibility index (Phi) is 5.25. The molecule has 0 aliphatic heterocycles. The summed E-state index contributed by atoms with van der Waals surface area (Å²) in [6, 6.07) is 11.8. The average Bonchev–Trinajstić information content (AvgIpc) is 3.39. The molecule has 0 bridgehead atoms. The van der Waals surface area contributed by atoms with Gasteiger partial charge in [-0.2, -0.15) is 0 Å². The molecular formula is C25H26N4O2. The number of aromatic amines is 1. The molecule has 3 aromatic heterocycles. The second-order valence-electron chi connectivity index (χ2n) is 8.18. The van der Waals surface area contributed by atoms with Crippen molar-refractivity contribution < 1.29 is 4.74 Å². The largest absolute Gasteiger partial charge is 0.494 e. The fourth-order valence-corrected chi connectivity index (χ4v) is 4.83. The van der Waals surface area contributed by atoms with Crippen LogP contribution in [0.1, 0.15) is 38.1 Å². The van der Waals surface area contributed by atoms with Crippen LogP contribution in [0.25, 0.3) is 22.1 Å². The number of hydrogen-bond donors (Lipinski definition) is 1. The van der Waals surface area contributed by atoms with Gasteiger partial charge in [0.05, 0.1) is 29.9 Å². The maximum atomic E-state index is 13.7. The van der Waals surface area contributed by atoms with Gasteiger partial charge in [0.2, 0.25) is 0 Å². The van der Waals surface area contributed by atoms with Gasteiger partial charge in [-0.25, -0.2) is 9.78 Å². The van der Waals surface area contributed by atoms with Crippen LogP contribution < -0.4 is 10.4 Å². The van der Waals surface area contributed by atoms with Gasteiger partial charge in [0.1, 0.15) is 11.4 Å². The summed E-state index contributed by atoms with van der Waals surface area (Å²) in [5, 5.41) is 0.968. The molecule has 5 rings (SSSR count). The van der Waals surface area contributed by atoms with Crippen LogP contribution in [-0.4, -0.2) is 25.7 Å². The SMILES string of the molecule is C#C[C@@H]1CCCC[C@@H]1n1c(=O)n(CCCOc2ccccc2)c2cnc3[nH]ccc3c21. The van der Waals surface area contributed by atoms with E-state index in [0.29, 0.717) is 13.2 Å². The van der Waals surface area contributed by atoms with Crippen LogP contribution in [0.5, 0.6) is 5.75 Å². The molecule has 0 radical (unpaired) electrons. The molecule has 1 aliphatic rings. The van der Waals surface area contributed by atoms with Crippen LogP contribution in [0.15, 0.2) is 53.6 Å². The first-order valence-corrected chi connectivity index (χ1v) is 11.0. The summed E-state index contributed by atoms with van der Waals surface area (Å²) in [6.45, 7) is 1.11. The van der Waals surface area contributed by atoms with Crippen LogP contribution in [0, 0.1) is 18.3 Å². The molecule has 1 fully saturated rings. The van der Waals surface area contributed by atoms with Crippen LogP contribution in [0.2, 0.25) is 0 Å². The first-order valence-electron chi connectivity index (χ1n) is 11.0. The Labute approximate surface area is 180 Å². The molecule has 31 heavy (non-hydrogen) atoms. The van der Waals surface area contributed by atoms with E-state index in [1.54, 1.807) is 6.20 Å². The molecule has 1 saturated carbocycles. The number of aromatic nitrogens is 4. The molecule has 158 valence electrons. The maximum absolute atomic E-state index is 13.7. The molecule has 3 heterocycles. The predicted molar refractivity (Wildman–Crippen MR) is 122 cm³/mol. The van der Waals surface area contributed by atoms with Gasteiger partial charge < -0.3 is 9.72 Å². The Morgan fingerprint density at radius 3 is 2.87 bits per heavy atom. The summed E-state index contributed by atoms with van der Waals surface area (Å²) in [6.07, 6.45) is 14.4. The maximum Gasteiger partial charge on any atom is 0.329 e. The quantitative estimate of drug-likeness (QED) is 0.373. The van der Waals surface area contributed by atoms with E-state index in [9.17, 15) is 4.79 Å². The van der Waals surface area contributed by atoms with Crippen molar-refractivity contribution in [2.45, 2.75) is 44.7 Å². The highest BCUT2D eigenvalue weighted by Crippen LogP contribution is 2.36. The topological polar surface area (TPSA) is 64.8 Å². The monoisotopic (exact) mass is 414 g/mol. The Bertz CT molecular complexity index is 1290. The van der Waals surface area contributed by atoms with Gasteiger partial charge in [-0.3, -0.25) is 9.13 Å². The molecule has 1 aliphatic carbocycles. The third-order valence-electron chi connectivity index (χ3n) is 6.32. The van der Waals surface area contributed by atoms with Crippen LogP contribution in [0.3, 0.4) is 0 Å². The molecule has 4 aromatic rings. The van der Waals surface area contributed by atoms with Crippen molar-refractivity contribution in [3.05, 3.63) is 59.3 Å². The fraction of sp³-hybridized carbons (Fsp3) is 0.360. The summed E-state index contributed by atoms with van der Waals surface area (Å²) in [7, 11) is 0. The molecule has 1 N–H and O–H groups in total. The molecule has 0 amide bonds. The highest BCUT2D eigenvalue weighted by molar-refractivity contribution is 6.01. The summed E-state index contributed by atoms with van der Waals surface area (Å²) in [5.74, 6) is 3.87. The van der Waals surface area contributed by atoms with Crippen LogP contribution in [-0.2, 0) is 6.54 Å². The highest BCUT2D eigenvalue weighted by Gasteiger charge is 2.30. The number of aryl methyl sites for hydroxylation is 1. The molecule has 6 nitrogen and oxygen atoms in total. The minimum atomic E-state index is -0.00244. The van der Waals surface area contributed by atoms with Gasteiger partial charge in [0.25, 0.3) is 0 Å². The van der Waals surface area contributed by atoms with Gasteiger partial charge in [0.15, 0.2) is 0 Å². The van der Waals surface area contributed by atoms with E-state index >= 15 is 0 Å². The van der Waals surface area contributed by atoms with Crippen molar-refractivity contribution in [1.29, 1.82) is 0 Å². The first kappa shape index (κ1) is 19.5. The smallest absolute Gasteiger partial charge is 0.329 e. The number of terminal acetylenes is 1. The lowest BCUT2D eigenvalue weighted by Crippen LogP contribution is -2.32. The summed E-state index contributed by atoms with van der Waals surface area (Å²) in [5.41, 5.74) is 2.58. The van der Waals surface area contributed by atoms with E-state index in [4.69, 9.17) is 11.2 Å². The zero-order valence-corrected chi connectivity index (χ0v) is 17.5. The van der Waals surface area contributed by atoms with Crippen molar-refractivity contribution in [1.82, 2.24) is 19.1 Å². The number of pyridine rings is 1.